The zero-order valence-electron chi connectivity index (χ0n) is 23.4. The van der Waals surface area contributed by atoms with E-state index in [-0.39, 0.29) is 23.6 Å². The molecule has 1 aromatic heterocycles. The quantitative estimate of drug-likeness (QED) is 0.175. The number of nitrogens with one attached hydrogen (secondary N) is 3. The van der Waals surface area contributed by atoms with Crippen LogP contribution in [0.15, 0.2) is 36.5 Å². The number of halogens is 3. The number of carbonyl (C=O) groups excluding carboxylic acids is 3. The fourth-order valence-electron chi connectivity index (χ4n) is 5.40. The minimum Gasteiger partial charge on any atom is -0.467 e. The van der Waals surface area contributed by atoms with E-state index in [1.165, 1.54) is 19.1 Å². The Labute approximate surface area is 250 Å². The van der Waals surface area contributed by atoms with Crippen molar-refractivity contribution in [2.45, 2.75) is 50.3 Å². The molecule has 228 valence electrons. The van der Waals surface area contributed by atoms with E-state index in [9.17, 15) is 23.2 Å². The summed E-state index contributed by atoms with van der Waals surface area (Å²) in [5, 5.41) is 5.59. The first-order valence-corrected chi connectivity index (χ1v) is 14.1. The SMILES string of the molecule is COC(=O)Nc1ccc2c(c1)N[C@@H](C(=O)OC)CCCC[C@H](N1CCC(c3c(F)ccc(Cl)c3F)OC1=O)c1nc-2c[nH]1. The number of anilines is 2. The number of nitrogens with zero attached hydrogens (tertiary/aromatic N) is 2. The van der Waals surface area contributed by atoms with Crippen LogP contribution in [0.5, 0.6) is 0 Å². The first kappa shape index (κ1) is 30.1. The van der Waals surface area contributed by atoms with Crippen LogP contribution in [0.4, 0.5) is 29.7 Å². The van der Waals surface area contributed by atoms with Gasteiger partial charge in [0.2, 0.25) is 0 Å². The van der Waals surface area contributed by atoms with Crippen LogP contribution in [0.1, 0.15) is 55.6 Å². The van der Waals surface area contributed by atoms with Gasteiger partial charge in [-0.05, 0) is 43.2 Å². The van der Waals surface area contributed by atoms with Crippen LogP contribution in [-0.2, 0) is 19.0 Å². The minimum absolute atomic E-state index is 0.136. The molecule has 0 saturated carbocycles. The van der Waals surface area contributed by atoms with E-state index in [4.69, 9.17) is 26.1 Å². The fraction of sp³-hybridized carbons (Fsp3) is 0.379. The normalized spacial score (nSPS) is 20.4. The average molecular weight is 618 g/mol. The van der Waals surface area contributed by atoms with E-state index in [1.54, 1.807) is 24.4 Å². The molecule has 1 fully saturated rings. The number of cyclic esters (lactones) is 1. The van der Waals surface area contributed by atoms with Crippen LogP contribution >= 0.6 is 11.6 Å². The van der Waals surface area contributed by atoms with E-state index in [1.807, 2.05) is 0 Å². The molecule has 2 aromatic carbocycles. The maximum Gasteiger partial charge on any atom is 0.411 e. The van der Waals surface area contributed by atoms with Crippen molar-refractivity contribution in [3.8, 4) is 11.3 Å². The average Bonchev–Trinajstić information content (AvgIpc) is 3.48. The molecule has 2 aliphatic heterocycles. The third-order valence-corrected chi connectivity index (χ3v) is 7.86. The number of aromatic amines is 1. The Morgan fingerprint density at radius 1 is 1.12 bits per heavy atom. The van der Waals surface area contributed by atoms with Crippen LogP contribution in [0.3, 0.4) is 0 Å². The fourth-order valence-corrected chi connectivity index (χ4v) is 5.57. The molecule has 2 amide bonds. The molecule has 14 heteroatoms. The van der Waals surface area contributed by atoms with Gasteiger partial charge in [0, 0.05) is 36.1 Å². The van der Waals surface area contributed by atoms with Gasteiger partial charge in [0.15, 0.2) is 5.82 Å². The molecule has 1 unspecified atom stereocenters. The summed E-state index contributed by atoms with van der Waals surface area (Å²) in [5.41, 5.74) is 1.71. The molecule has 2 aliphatic rings. The Morgan fingerprint density at radius 2 is 1.91 bits per heavy atom. The predicted molar refractivity (Wildman–Crippen MR) is 153 cm³/mol. The van der Waals surface area contributed by atoms with E-state index in [0.29, 0.717) is 54.1 Å². The third-order valence-electron chi connectivity index (χ3n) is 7.56. The maximum atomic E-state index is 14.7. The Kier molecular flexibility index (Phi) is 9.00. The van der Waals surface area contributed by atoms with Crippen molar-refractivity contribution in [2.75, 3.05) is 31.4 Å². The molecular weight excluding hydrogens is 588 g/mol. The highest BCUT2D eigenvalue weighted by Crippen LogP contribution is 2.38. The van der Waals surface area contributed by atoms with Gasteiger partial charge in [0.25, 0.3) is 0 Å². The molecule has 2 bridgehead atoms. The van der Waals surface area contributed by atoms with Crippen LogP contribution in [-0.4, -0.2) is 59.8 Å². The minimum atomic E-state index is -1.13. The Morgan fingerprint density at radius 3 is 2.65 bits per heavy atom. The number of hydrogen-bond acceptors (Lipinski definition) is 8. The van der Waals surface area contributed by atoms with Crippen molar-refractivity contribution in [1.82, 2.24) is 14.9 Å². The zero-order valence-corrected chi connectivity index (χ0v) is 24.2. The largest absolute Gasteiger partial charge is 0.467 e. The summed E-state index contributed by atoms with van der Waals surface area (Å²) in [6, 6.07) is 5.98. The summed E-state index contributed by atoms with van der Waals surface area (Å²) in [6.45, 7) is 0.154. The van der Waals surface area contributed by atoms with Crippen molar-refractivity contribution in [3.05, 3.63) is 64.6 Å². The van der Waals surface area contributed by atoms with Crippen LogP contribution in [0.2, 0.25) is 5.02 Å². The van der Waals surface area contributed by atoms with Gasteiger partial charge in [-0.3, -0.25) is 10.2 Å². The summed E-state index contributed by atoms with van der Waals surface area (Å²) in [7, 11) is 2.56. The smallest absolute Gasteiger partial charge is 0.411 e. The first-order valence-electron chi connectivity index (χ1n) is 13.7. The molecule has 11 nitrogen and oxygen atoms in total. The topological polar surface area (TPSA) is 135 Å². The van der Waals surface area contributed by atoms with Crippen molar-refractivity contribution < 1.29 is 37.4 Å². The van der Waals surface area contributed by atoms with Crippen LogP contribution in [0, 0.1) is 11.6 Å². The molecule has 43 heavy (non-hydrogen) atoms. The van der Waals surface area contributed by atoms with Gasteiger partial charge in [-0.25, -0.2) is 28.1 Å². The molecule has 3 atom stereocenters. The van der Waals surface area contributed by atoms with Crippen LogP contribution < -0.4 is 10.6 Å². The maximum absolute atomic E-state index is 14.7. The zero-order chi connectivity index (χ0) is 30.7. The van der Waals surface area contributed by atoms with Crippen molar-refractivity contribution in [2.24, 2.45) is 0 Å². The molecule has 3 heterocycles. The number of amides is 2. The molecule has 5 rings (SSSR count). The number of aromatic nitrogens is 2. The monoisotopic (exact) mass is 617 g/mol. The number of benzene rings is 2. The lowest BCUT2D eigenvalue weighted by Gasteiger charge is -2.36. The second kappa shape index (κ2) is 12.9. The number of esters is 1. The molecule has 3 N–H and O–H groups in total. The Balaban J connectivity index is 1.46. The molecule has 0 radical (unpaired) electrons. The van der Waals surface area contributed by atoms with Crippen molar-refractivity contribution in [3.63, 3.8) is 0 Å². The second-order valence-electron chi connectivity index (χ2n) is 10.2. The molecule has 3 aromatic rings. The highest BCUT2D eigenvalue weighted by molar-refractivity contribution is 6.30. The van der Waals surface area contributed by atoms with Crippen molar-refractivity contribution >= 4 is 41.1 Å². The molecular formula is C29H30ClF2N5O6. The van der Waals surface area contributed by atoms with Gasteiger partial charge in [-0.1, -0.05) is 24.4 Å². The number of carbonyl (C=O) groups is 3. The van der Waals surface area contributed by atoms with Gasteiger partial charge in [0.1, 0.15) is 23.8 Å². The number of rotatable bonds is 4. The van der Waals surface area contributed by atoms with Gasteiger partial charge < -0.3 is 24.5 Å². The van der Waals surface area contributed by atoms with Gasteiger partial charge in [-0.2, -0.15) is 0 Å². The van der Waals surface area contributed by atoms with E-state index >= 15 is 0 Å². The summed E-state index contributed by atoms with van der Waals surface area (Å²) < 4.78 is 44.4. The summed E-state index contributed by atoms with van der Waals surface area (Å²) in [6.07, 6.45) is 1.40. The molecule has 0 aliphatic carbocycles. The lowest BCUT2D eigenvalue weighted by molar-refractivity contribution is -0.141. The second-order valence-corrected chi connectivity index (χ2v) is 10.6. The number of imidazole rings is 1. The number of methoxy groups -OCH3 is 2. The molecule has 0 spiro atoms. The number of ether oxygens (including phenoxy) is 3. The standard InChI is InChI=1S/C29H30ClF2N5O6/c1-41-27(38)19-5-3-4-6-22(37-12-11-23(43-29(37)40)24-18(31)10-9-17(30)25(24)32)26-33-14-21(36-26)16-8-7-15(13-20(16)35-19)34-28(39)42-2/h7-10,13-14,19,22-23,35H,3-6,11-12H2,1-2H3,(H,33,36)(H,34,39)/t19-,22+,23?/m1/s1. The third kappa shape index (κ3) is 6.36. The van der Waals surface area contributed by atoms with E-state index in [2.05, 4.69) is 20.4 Å². The number of H-pyrrole nitrogens is 1. The number of hydrogen-bond donors (Lipinski definition) is 3. The van der Waals surface area contributed by atoms with Gasteiger partial charge in [0.05, 0.1) is 36.5 Å². The number of fused-ring (bicyclic) bond motifs is 4. The summed E-state index contributed by atoms with van der Waals surface area (Å²) in [5.74, 6) is -1.75. The van der Waals surface area contributed by atoms with Gasteiger partial charge >= 0.3 is 18.2 Å². The Bertz CT molecular complexity index is 1530. The first-order chi connectivity index (χ1) is 20.7. The lowest BCUT2D eigenvalue weighted by atomic mass is 10.00. The Hall–Kier alpha value is -4.39. The van der Waals surface area contributed by atoms with E-state index < -0.39 is 48.0 Å². The lowest BCUT2D eigenvalue weighted by Crippen LogP contribution is -2.42. The van der Waals surface area contributed by atoms with Crippen molar-refractivity contribution in [1.29, 1.82) is 0 Å². The predicted octanol–water partition coefficient (Wildman–Crippen LogP) is 6.34. The van der Waals surface area contributed by atoms with Crippen LogP contribution in [0.25, 0.3) is 11.3 Å². The highest BCUT2D eigenvalue weighted by Gasteiger charge is 2.37. The van der Waals surface area contributed by atoms with Gasteiger partial charge in [-0.15, -0.1) is 0 Å². The molecule has 1 saturated heterocycles. The van der Waals surface area contributed by atoms with E-state index in [0.717, 1.165) is 12.1 Å². The summed E-state index contributed by atoms with van der Waals surface area (Å²) >= 11 is 5.85. The summed E-state index contributed by atoms with van der Waals surface area (Å²) in [4.78, 5) is 47.2. The highest BCUT2D eigenvalue weighted by atomic mass is 35.5.